The van der Waals surface area contributed by atoms with Gasteiger partial charge in [0.25, 0.3) is 0 Å². The Morgan fingerprint density at radius 3 is 2.62 bits per heavy atom. The van der Waals surface area contributed by atoms with Crippen molar-refractivity contribution >= 4 is 23.9 Å². The number of hydroxylamine groups is 2. The Kier molecular flexibility index (Phi) is 11.2. The minimum Gasteiger partial charge on any atom is -0.458 e. The van der Waals surface area contributed by atoms with Crippen LogP contribution < -0.4 is 10.6 Å². The SMILES string of the molecule is C[C@H](O)[C@@H](NC(=O)[C@@]12C[C@H]3OC(=O)[C@@H]1N(Cc1ccccc1C=CCO[C@H]1O[C@H](CO)[C@H](O)[C@H](O)[C@H]1O)O[C@@H]2[C@H]1OCO[C@H]13)C(=O)NCCO. The largest absolute Gasteiger partial charge is 0.458 e. The highest BCUT2D eigenvalue weighted by molar-refractivity contribution is 5.96. The molecule has 2 amide bonds. The number of benzene rings is 1. The summed E-state index contributed by atoms with van der Waals surface area (Å²) in [4.78, 5) is 47.3. The molecule has 1 aromatic carbocycles. The molecule has 1 saturated carbocycles. The summed E-state index contributed by atoms with van der Waals surface area (Å²) in [5, 5.41) is 65.7. The summed E-state index contributed by atoms with van der Waals surface area (Å²) in [6.07, 6.45) is -8.38. The lowest BCUT2D eigenvalue weighted by molar-refractivity contribution is -0.298. The van der Waals surface area contributed by atoms with Crippen LogP contribution in [0.2, 0.25) is 0 Å². The minimum absolute atomic E-state index is 0.000887. The number of carbonyl (C=O) groups excluding carboxylic acids is 3. The van der Waals surface area contributed by atoms with Crippen LogP contribution in [0.4, 0.5) is 0 Å². The molecule has 6 rings (SSSR count). The van der Waals surface area contributed by atoms with Gasteiger partial charge in [0.05, 0.1) is 32.5 Å². The van der Waals surface area contributed by atoms with Crippen LogP contribution in [0.3, 0.4) is 0 Å². The molecule has 0 spiro atoms. The van der Waals surface area contributed by atoms with E-state index < -0.39 is 103 Å². The number of ether oxygens (including phenoxy) is 5. The third kappa shape index (κ3) is 6.67. The molecule has 4 saturated heterocycles. The number of aliphatic hydroxyl groups excluding tert-OH is 6. The molecule has 276 valence electrons. The predicted molar refractivity (Wildman–Crippen MR) is 165 cm³/mol. The van der Waals surface area contributed by atoms with Crippen LogP contribution >= 0.6 is 0 Å². The van der Waals surface area contributed by atoms with Crippen LogP contribution in [0.25, 0.3) is 6.08 Å². The number of esters is 1. The number of aliphatic hydroxyl groups is 6. The second-order valence-corrected chi connectivity index (χ2v) is 12.9. The summed E-state index contributed by atoms with van der Waals surface area (Å²) in [5.74, 6) is -2.16. The van der Waals surface area contributed by atoms with Gasteiger partial charge in [-0.1, -0.05) is 36.4 Å². The average molecular weight is 710 g/mol. The molecule has 8 N–H and O–H groups in total. The standard InChI is InChI=1S/C32H43N3O15/c1-15(38)20(28(42)33-8-9-36)34-31(44)32-11-18-24-25(47-14-46-24)27(32)50-35(26(32)29(43)48-18)12-17-6-3-2-5-16(17)7-4-10-45-30-23(41)22(40)21(39)19(13-37)49-30/h2-7,15,18-27,30,36-41H,8-14H2,1H3,(H,33,42)(H,34,44)/t15-,18+,19+,20+,21-,22-,23+,24-,25-,26-,27+,30-,32-/m0/s1. The second kappa shape index (κ2) is 15.2. The van der Waals surface area contributed by atoms with Crippen molar-refractivity contribution in [3.05, 3.63) is 41.5 Å². The second-order valence-electron chi connectivity index (χ2n) is 12.9. The summed E-state index contributed by atoms with van der Waals surface area (Å²) in [6, 6.07) is 4.48. The Morgan fingerprint density at radius 2 is 1.88 bits per heavy atom. The van der Waals surface area contributed by atoms with E-state index in [1.54, 1.807) is 36.4 Å². The topological polar surface area (TPSA) is 255 Å². The molecule has 50 heavy (non-hydrogen) atoms. The molecule has 5 fully saturated rings. The number of carbonyl (C=O) groups is 3. The Labute approximate surface area is 286 Å². The van der Waals surface area contributed by atoms with Gasteiger partial charge in [0, 0.05) is 13.0 Å². The van der Waals surface area contributed by atoms with Gasteiger partial charge in [-0.3, -0.25) is 19.2 Å². The van der Waals surface area contributed by atoms with E-state index in [9.17, 15) is 39.9 Å². The van der Waals surface area contributed by atoms with Crippen LogP contribution in [0.15, 0.2) is 30.3 Å². The molecule has 2 bridgehead atoms. The molecule has 4 aliphatic heterocycles. The summed E-state index contributed by atoms with van der Waals surface area (Å²) in [7, 11) is 0. The third-order valence-corrected chi connectivity index (χ3v) is 9.84. The van der Waals surface area contributed by atoms with Crippen LogP contribution in [-0.4, -0.2) is 160 Å². The molecule has 4 heterocycles. The summed E-state index contributed by atoms with van der Waals surface area (Å²) >= 11 is 0. The van der Waals surface area contributed by atoms with E-state index >= 15 is 0 Å². The lowest BCUT2D eigenvalue weighted by Gasteiger charge is -2.49. The highest BCUT2D eigenvalue weighted by Crippen LogP contribution is 2.55. The number of hydrogen-bond acceptors (Lipinski definition) is 16. The van der Waals surface area contributed by atoms with Gasteiger partial charge in [0.1, 0.15) is 67.1 Å². The van der Waals surface area contributed by atoms with Crippen molar-refractivity contribution in [3.63, 3.8) is 0 Å². The first-order chi connectivity index (χ1) is 24.0. The van der Waals surface area contributed by atoms with Crippen molar-refractivity contribution in [3.8, 4) is 0 Å². The van der Waals surface area contributed by atoms with Gasteiger partial charge in [-0.15, -0.1) is 0 Å². The first-order valence-corrected chi connectivity index (χ1v) is 16.4. The van der Waals surface area contributed by atoms with Gasteiger partial charge >= 0.3 is 5.97 Å². The number of hydrogen-bond donors (Lipinski definition) is 8. The van der Waals surface area contributed by atoms with Crippen LogP contribution in [-0.2, 0) is 49.5 Å². The molecule has 18 heteroatoms. The molecule has 5 aliphatic rings. The average Bonchev–Trinajstić information content (AvgIpc) is 3.73. The number of nitrogens with zero attached hydrogens (tertiary/aromatic N) is 1. The molecule has 1 aliphatic carbocycles. The minimum atomic E-state index is -1.59. The highest BCUT2D eigenvalue weighted by Gasteiger charge is 2.75. The Hall–Kier alpha value is -3.11. The number of nitrogens with one attached hydrogen (secondary N) is 2. The van der Waals surface area contributed by atoms with Gasteiger partial charge in [-0.2, -0.15) is 5.06 Å². The quantitative estimate of drug-likeness (QED) is 0.0909. The summed E-state index contributed by atoms with van der Waals surface area (Å²) in [5.41, 5.74) is -0.244. The lowest BCUT2D eigenvalue weighted by atomic mass is 9.62. The fourth-order valence-electron chi connectivity index (χ4n) is 7.34. The number of amides is 2. The van der Waals surface area contributed by atoms with Crippen LogP contribution in [0, 0.1) is 5.41 Å². The van der Waals surface area contributed by atoms with Crippen molar-refractivity contribution < 1.29 is 73.5 Å². The highest BCUT2D eigenvalue weighted by atomic mass is 16.8. The van der Waals surface area contributed by atoms with Crippen molar-refractivity contribution in [1.82, 2.24) is 15.7 Å². The smallest absolute Gasteiger partial charge is 0.327 e. The molecule has 1 aromatic rings. The zero-order chi connectivity index (χ0) is 35.7. The molecule has 13 atom stereocenters. The van der Waals surface area contributed by atoms with Gasteiger partial charge in [0.2, 0.25) is 11.8 Å². The van der Waals surface area contributed by atoms with E-state index in [1.807, 2.05) is 0 Å². The van der Waals surface area contributed by atoms with Crippen molar-refractivity contribution in [1.29, 1.82) is 0 Å². The summed E-state index contributed by atoms with van der Waals surface area (Å²) < 4.78 is 28.3. The van der Waals surface area contributed by atoms with Gasteiger partial charge < -0.3 is 65.0 Å². The van der Waals surface area contributed by atoms with Gasteiger partial charge in [0.15, 0.2) is 12.3 Å². The number of rotatable bonds is 13. The van der Waals surface area contributed by atoms with E-state index in [2.05, 4.69) is 10.6 Å². The third-order valence-electron chi connectivity index (χ3n) is 9.84. The van der Waals surface area contributed by atoms with E-state index in [0.29, 0.717) is 11.1 Å². The van der Waals surface area contributed by atoms with E-state index in [1.165, 1.54) is 12.0 Å². The molecular formula is C32H43N3O15. The van der Waals surface area contributed by atoms with E-state index in [4.69, 9.17) is 33.6 Å². The molecule has 0 unspecified atom stereocenters. The van der Waals surface area contributed by atoms with Crippen LogP contribution in [0.1, 0.15) is 24.5 Å². The number of fused-ring (bicyclic) bond motifs is 4. The van der Waals surface area contributed by atoms with Crippen molar-refractivity contribution in [2.45, 2.75) is 93.2 Å². The zero-order valence-electron chi connectivity index (χ0n) is 27.1. The molecular weight excluding hydrogens is 666 g/mol. The Bertz CT molecular complexity index is 1430. The molecule has 0 aromatic heterocycles. The van der Waals surface area contributed by atoms with Crippen molar-refractivity contribution in [2.24, 2.45) is 5.41 Å². The fourth-order valence-corrected chi connectivity index (χ4v) is 7.34. The molecule has 18 nitrogen and oxygen atoms in total. The van der Waals surface area contributed by atoms with Crippen LogP contribution in [0.5, 0.6) is 0 Å². The first-order valence-electron chi connectivity index (χ1n) is 16.4. The van der Waals surface area contributed by atoms with Gasteiger partial charge in [-0.05, 0) is 18.1 Å². The maximum Gasteiger partial charge on any atom is 0.327 e. The first kappa shape index (κ1) is 36.7. The fraction of sp³-hybridized carbons (Fsp3) is 0.656. The zero-order valence-corrected chi connectivity index (χ0v) is 27.1. The normalized spacial score (nSPS) is 37.6. The monoisotopic (exact) mass is 709 g/mol. The maximum absolute atomic E-state index is 14.3. The molecule has 0 radical (unpaired) electrons. The maximum atomic E-state index is 14.3. The Morgan fingerprint density at radius 1 is 1.12 bits per heavy atom. The van der Waals surface area contributed by atoms with E-state index in [-0.39, 0.29) is 39.5 Å². The lowest BCUT2D eigenvalue weighted by Crippen LogP contribution is -2.71. The van der Waals surface area contributed by atoms with E-state index in [0.717, 1.165) is 0 Å². The Balaban J connectivity index is 1.22. The van der Waals surface area contributed by atoms with Gasteiger partial charge in [-0.25, -0.2) is 0 Å². The predicted octanol–water partition coefficient (Wildman–Crippen LogP) is -3.97. The van der Waals surface area contributed by atoms with Crippen molar-refractivity contribution in [2.75, 3.05) is 33.2 Å². The summed E-state index contributed by atoms with van der Waals surface area (Å²) in [6.45, 7) is 0.105.